The lowest BCUT2D eigenvalue weighted by atomic mass is 9.43. The average Bonchev–Trinajstić information content (AvgIpc) is 3.09. The molecule has 0 radical (unpaired) electrons. The van der Waals surface area contributed by atoms with Crippen molar-refractivity contribution in [1.29, 1.82) is 0 Å². The molecule has 196 valence electrons. The molecule has 4 fully saturated rings. The van der Waals surface area contributed by atoms with Gasteiger partial charge in [0.2, 0.25) is 5.91 Å². The minimum absolute atomic E-state index is 0.0625. The Labute approximate surface area is 205 Å². The molecule has 4 N–H and O–H groups in total. The molecule has 4 rings (SSSR count). The van der Waals surface area contributed by atoms with Crippen molar-refractivity contribution in [2.75, 3.05) is 12.3 Å². The van der Waals surface area contributed by atoms with E-state index in [9.17, 15) is 23.4 Å². The summed E-state index contributed by atoms with van der Waals surface area (Å²) in [4.78, 5) is 12.2. The molecule has 0 spiro atoms. The topological polar surface area (TPSA) is 124 Å². The van der Waals surface area contributed by atoms with Gasteiger partial charge in [-0.2, -0.15) is 8.42 Å². The number of hydrogen-bond acceptors (Lipinski definition) is 5. The smallest absolute Gasteiger partial charge is 0.266 e. The zero-order valence-corrected chi connectivity index (χ0v) is 21.9. The van der Waals surface area contributed by atoms with Gasteiger partial charge >= 0.3 is 0 Å². The molecule has 7 nitrogen and oxygen atoms in total. The predicted molar refractivity (Wildman–Crippen MR) is 130 cm³/mol. The highest BCUT2D eigenvalue weighted by atomic mass is 32.2. The van der Waals surface area contributed by atoms with Gasteiger partial charge < -0.3 is 15.5 Å². The summed E-state index contributed by atoms with van der Waals surface area (Å²) < 4.78 is 30.5. The summed E-state index contributed by atoms with van der Waals surface area (Å²) in [6.45, 7) is 7.05. The van der Waals surface area contributed by atoms with Crippen LogP contribution < -0.4 is 5.32 Å². The second kappa shape index (κ2) is 9.64. The van der Waals surface area contributed by atoms with Crippen LogP contribution in [0.3, 0.4) is 0 Å². The number of nitrogens with one attached hydrogen (secondary N) is 1. The molecule has 4 saturated carbocycles. The molecule has 34 heavy (non-hydrogen) atoms. The monoisotopic (exact) mass is 499 g/mol. The normalized spacial score (nSPS) is 45.1. The van der Waals surface area contributed by atoms with E-state index >= 15 is 0 Å². The van der Waals surface area contributed by atoms with E-state index < -0.39 is 15.9 Å². The Bertz CT molecular complexity index is 863. The van der Waals surface area contributed by atoms with E-state index in [-0.39, 0.29) is 35.5 Å². The molecule has 0 saturated heterocycles. The molecule has 0 aromatic heterocycles. The maximum absolute atomic E-state index is 12.2. The summed E-state index contributed by atoms with van der Waals surface area (Å²) in [5, 5.41) is 24.2. The van der Waals surface area contributed by atoms with Gasteiger partial charge in [-0.05, 0) is 104 Å². The van der Waals surface area contributed by atoms with Gasteiger partial charge in [0.05, 0.1) is 18.0 Å². The van der Waals surface area contributed by atoms with Crippen molar-refractivity contribution < 1.29 is 28.0 Å². The van der Waals surface area contributed by atoms with Gasteiger partial charge in [-0.3, -0.25) is 9.35 Å². The first-order chi connectivity index (χ1) is 15.8. The van der Waals surface area contributed by atoms with Crippen LogP contribution in [0.5, 0.6) is 0 Å². The third-order valence-electron chi connectivity index (χ3n) is 10.9. The van der Waals surface area contributed by atoms with E-state index in [4.69, 9.17) is 4.55 Å². The fourth-order valence-electron chi connectivity index (χ4n) is 9.14. The molecule has 0 heterocycles. The Morgan fingerprint density at radius 3 is 2.41 bits per heavy atom. The number of fused-ring (bicyclic) bond motifs is 5. The molecular formula is C26H45NO6S. The molecular weight excluding hydrogens is 454 g/mol. The lowest BCUT2D eigenvalue weighted by molar-refractivity contribution is -0.174. The fourth-order valence-corrected chi connectivity index (χ4v) is 9.50. The summed E-state index contributed by atoms with van der Waals surface area (Å²) in [5.74, 6) is 2.10. The van der Waals surface area contributed by atoms with Crippen LogP contribution in [-0.2, 0) is 14.9 Å². The largest absolute Gasteiger partial charge is 0.393 e. The molecule has 0 aliphatic heterocycles. The van der Waals surface area contributed by atoms with Crippen molar-refractivity contribution >= 4 is 16.0 Å². The molecule has 10 atom stereocenters. The molecule has 4 aliphatic carbocycles. The SMILES string of the molecule is CC(CCC(=O)NCCS(=O)(=O)O)[C@H]1CC[C@@H]2[C@H]3C(O)C[C@@H]4CC(O)CC[C@]4(C)[C@@H]3CC[C@]12C. The molecule has 1 amide bonds. The van der Waals surface area contributed by atoms with Crippen molar-refractivity contribution in [1.82, 2.24) is 5.32 Å². The fraction of sp³-hybridized carbons (Fsp3) is 0.962. The number of aliphatic hydroxyl groups excluding tert-OH is 2. The van der Waals surface area contributed by atoms with Crippen molar-refractivity contribution in [2.45, 2.75) is 97.2 Å². The van der Waals surface area contributed by atoms with E-state index in [1.807, 2.05) is 0 Å². The molecule has 0 aromatic carbocycles. The Morgan fingerprint density at radius 1 is 1.03 bits per heavy atom. The van der Waals surface area contributed by atoms with Crippen LogP contribution in [0.25, 0.3) is 0 Å². The van der Waals surface area contributed by atoms with Crippen molar-refractivity contribution in [2.24, 2.45) is 46.3 Å². The van der Waals surface area contributed by atoms with Gasteiger partial charge in [0.25, 0.3) is 10.1 Å². The Kier molecular flexibility index (Phi) is 7.47. The van der Waals surface area contributed by atoms with Gasteiger partial charge in [-0.25, -0.2) is 0 Å². The quantitative estimate of drug-likeness (QED) is 0.398. The van der Waals surface area contributed by atoms with E-state index in [1.54, 1.807) is 0 Å². The first-order valence-electron chi connectivity index (χ1n) is 13.4. The van der Waals surface area contributed by atoms with Crippen LogP contribution >= 0.6 is 0 Å². The van der Waals surface area contributed by atoms with E-state index in [2.05, 4.69) is 26.1 Å². The van der Waals surface area contributed by atoms with Crippen molar-refractivity contribution in [3.05, 3.63) is 0 Å². The third kappa shape index (κ3) is 4.94. The molecule has 3 unspecified atom stereocenters. The number of hydrogen-bond donors (Lipinski definition) is 4. The highest BCUT2D eigenvalue weighted by Gasteiger charge is 2.62. The van der Waals surface area contributed by atoms with Gasteiger partial charge in [-0.1, -0.05) is 20.8 Å². The summed E-state index contributed by atoms with van der Waals surface area (Å²) in [6, 6.07) is 0. The van der Waals surface area contributed by atoms with Gasteiger partial charge in [-0.15, -0.1) is 0 Å². The highest BCUT2D eigenvalue weighted by molar-refractivity contribution is 7.85. The summed E-state index contributed by atoms with van der Waals surface area (Å²) in [6.07, 6.45) is 8.87. The number of carbonyl (C=O) groups is 1. The average molecular weight is 500 g/mol. The van der Waals surface area contributed by atoms with Gasteiger partial charge in [0.15, 0.2) is 0 Å². The van der Waals surface area contributed by atoms with Crippen LogP contribution in [0.4, 0.5) is 0 Å². The molecule has 0 aromatic rings. The maximum atomic E-state index is 12.2. The van der Waals surface area contributed by atoms with Crippen LogP contribution in [0.15, 0.2) is 0 Å². The summed E-state index contributed by atoms with van der Waals surface area (Å²) in [7, 11) is -4.06. The zero-order chi connectivity index (χ0) is 24.9. The van der Waals surface area contributed by atoms with Crippen LogP contribution in [0.2, 0.25) is 0 Å². The number of aliphatic hydroxyl groups is 2. The molecule has 8 heteroatoms. The Balaban J connectivity index is 1.39. The maximum Gasteiger partial charge on any atom is 0.266 e. The van der Waals surface area contributed by atoms with Gasteiger partial charge in [0.1, 0.15) is 0 Å². The van der Waals surface area contributed by atoms with E-state index in [1.165, 1.54) is 6.42 Å². The first-order valence-corrected chi connectivity index (χ1v) is 15.0. The summed E-state index contributed by atoms with van der Waals surface area (Å²) >= 11 is 0. The predicted octanol–water partition coefficient (Wildman–Crippen LogP) is 3.40. The minimum atomic E-state index is -4.06. The Morgan fingerprint density at radius 2 is 1.71 bits per heavy atom. The van der Waals surface area contributed by atoms with Gasteiger partial charge in [0, 0.05) is 13.0 Å². The second-order valence-electron chi connectivity index (χ2n) is 12.6. The van der Waals surface area contributed by atoms with Crippen LogP contribution in [-0.4, -0.2) is 53.6 Å². The molecule has 0 bridgehead atoms. The van der Waals surface area contributed by atoms with Crippen LogP contribution in [0, 0.1) is 46.3 Å². The number of carbonyl (C=O) groups excluding carboxylic acids is 1. The zero-order valence-electron chi connectivity index (χ0n) is 21.1. The van der Waals surface area contributed by atoms with Crippen LogP contribution in [0.1, 0.15) is 85.0 Å². The van der Waals surface area contributed by atoms with Crippen molar-refractivity contribution in [3.8, 4) is 0 Å². The van der Waals surface area contributed by atoms with E-state index in [0.717, 1.165) is 51.4 Å². The number of amides is 1. The second-order valence-corrected chi connectivity index (χ2v) is 14.2. The third-order valence-corrected chi connectivity index (χ3v) is 11.6. The summed E-state index contributed by atoms with van der Waals surface area (Å²) in [5.41, 5.74) is 0.411. The molecule has 4 aliphatic rings. The first kappa shape index (κ1) is 26.4. The lowest BCUT2D eigenvalue weighted by Crippen LogP contribution is -2.58. The standard InChI is InChI=1S/C26H45NO6S/c1-16(4-7-23(30)27-12-13-34(31,32)33)19-5-6-20-24-21(9-11-26(19,20)3)25(2)10-8-18(28)14-17(25)15-22(24)29/h16-22,24,28-29H,4-15H2,1-3H3,(H,27,30)(H,31,32,33)/t16?,17-,18?,19+,20+,21+,22?,24+,25-,26+/m0/s1. The minimum Gasteiger partial charge on any atom is -0.393 e. The van der Waals surface area contributed by atoms with E-state index in [0.29, 0.717) is 41.9 Å². The number of rotatable bonds is 7. The van der Waals surface area contributed by atoms with Crippen molar-refractivity contribution in [3.63, 3.8) is 0 Å². The Hall–Kier alpha value is -0.700. The highest BCUT2D eigenvalue weighted by Crippen LogP contribution is 2.68. The lowest BCUT2D eigenvalue weighted by Gasteiger charge is -2.62.